The number of amides is 2. The van der Waals surface area contributed by atoms with Crippen LogP contribution in [0.4, 0.5) is 4.79 Å². The summed E-state index contributed by atoms with van der Waals surface area (Å²) in [7, 11) is 5.02. The van der Waals surface area contributed by atoms with Crippen LogP contribution in [0, 0.1) is 6.92 Å². The van der Waals surface area contributed by atoms with Gasteiger partial charge in [-0.3, -0.25) is 0 Å². The van der Waals surface area contributed by atoms with Gasteiger partial charge in [0, 0.05) is 7.05 Å². The molecule has 0 saturated carbocycles. The van der Waals surface area contributed by atoms with Gasteiger partial charge in [-0.2, -0.15) is 0 Å². The van der Waals surface area contributed by atoms with E-state index >= 15 is 0 Å². The molecule has 0 bridgehead atoms. The van der Waals surface area contributed by atoms with E-state index in [-0.39, 0.29) is 18.1 Å². The first-order valence-electron chi connectivity index (χ1n) is 8.00. The number of ether oxygens (including phenoxy) is 2. The fraction of sp³-hybridized carbons (Fsp3) is 0.471. The highest BCUT2D eigenvalue weighted by Gasteiger charge is 2.18. The van der Waals surface area contributed by atoms with E-state index in [1.807, 2.05) is 40.0 Å². The number of urea groups is 1. The Kier molecular flexibility index (Phi) is 5.84. The fourth-order valence-electron chi connectivity index (χ4n) is 2.72. The van der Waals surface area contributed by atoms with Crippen LogP contribution in [0.15, 0.2) is 18.5 Å². The molecule has 0 aliphatic carbocycles. The van der Waals surface area contributed by atoms with Gasteiger partial charge in [-0.05, 0) is 44.0 Å². The SMILES string of the molecule is COc1cc(C)c([C@@H](C)NC(=O)N[C@H](C)c2nncn2C)cc1OC. The average Bonchev–Trinajstić information content (AvgIpc) is 3.00. The number of nitrogens with one attached hydrogen (secondary N) is 2. The molecule has 1 heterocycles. The Balaban J connectivity index is 2.07. The molecule has 1 aromatic carbocycles. The first kappa shape index (κ1) is 18.6. The second-order valence-corrected chi connectivity index (χ2v) is 5.92. The van der Waals surface area contributed by atoms with Gasteiger partial charge < -0.3 is 24.7 Å². The number of hydrogen-bond acceptors (Lipinski definition) is 5. The van der Waals surface area contributed by atoms with Crippen molar-refractivity contribution in [2.24, 2.45) is 7.05 Å². The molecule has 0 fully saturated rings. The number of carbonyl (C=O) groups is 1. The molecule has 2 rings (SSSR count). The van der Waals surface area contributed by atoms with Gasteiger partial charge >= 0.3 is 6.03 Å². The molecule has 25 heavy (non-hydrogen) atoms. The summed E-state index contributed by atoms with van der Waals surface area (Å²) in [6, 6.07) is 3.03. The minimum Gasteiger partial charge on any atom is -0.493 e. The van der Waals surface area contributed by atoms with Crippen LogP contribution in [0.2, 0.25) is 0 Å². The molecule has 2 atom stereocenters. The molecular weight excluding hydrogens is 322 g/mol. The summed E-state index contributed by atoms with van der Waals surface area (Å²) >= 11 is 0. The van der Waals surface area contributed by atoms with Crippen LogP contribution in [0.1, 0.15) is 42.9 Å². The maximum absolute atomic E-state index is 12.3. The van der Waals surface area contributed by atoms with Gasteiger partial charge in [-0.15, -0.1) is 10.2 Å². The summed E-state index contributed by atoms with van der Waals surface area (Å²) in [6.45, 7) is 5.74. The Labute approximate surface area is 147 Å². The van der Waals surface area contributed by atoms with Crippen molar-refractivity contribution >= 4 is 6.03 Å². The van der Waals surface area contributed by atoms with Crippen LogP contribution in [-0.4, -0.2) is 35.0 Å². The van der Waals surface area contributed by atoms with E-state index in [2.05, 4.69) is 20.8 Å². The van der Waals surface area contributed by atoms with Gasteiger partial charge in [0.2, 0.25) is 0 Å². The topological polar surface area (TPSA) is 90.3 Å². The predicted molar refractivity (Wildman–Crippen MR) is 93.8 cm³/mol. The van der Waals surface area contributed by atoms with Crippen LogP contribution in [-0.2, 0) is 7.05 Å². The molecule has 2 amide bonds. The van der Waals surface area contributed by atoms with Gasteiger partial charge in [-0.1, -0.05) is 0 Å². The largest absolute Gasteiger partial charge is 0.493 e. The molecule has 0 spiro atoms. The Morgan fingerprint density at radius 1 is 1.12 bits per heavy atom. The molecule has 0 aliphatic heterocycles. The zero-order chi connectivity index (χ0) is 18.6. The van der Waals surface area contributed by atoms with Gasteiger partial charge in [-0.25, -0.2) is 4.79 Å². The predicted octanol–water partition coefficient (Wildman–Crippen LogP) is 2.26. The zero-order valence-electron chi connectivity index (χ0n) is 15.5. The third-order valence-corrected chi connectivity index (χ3v) is 4.07. The van der Waals surface area contributed by atoms with Gasteiger partial charge in [0.05, 0.1) is 26.3 Å². The minimum absolute atomic E-state index is 0.202. The van der Waals surface area contributed by atoms with Gasteiger partial charge in [0.15, 0.2) is 17.3 Å². The molecule has 0 radical (unpaired) electrons. The van der Waals surface area contributed by atoms with Crippen molar-refractivity contribution in [1.29, 1.82) is 0 Å². The third kappa shape index (κ3) is 4.20. The van der Waals surface area contributed by atoms with Crippen molar-refractivity contribution in [2.45, 2.75) is 32.9 Å². The summed E-state index contributed by atoms with van der Waals surface area (Å²) in [5.41, 5.74) is 1.96. The van der Waals surface area contributed by atoms with E-state index in [0.717, 1.165) is 11.1 Å². The van der Waals surface area contributed by atoms with Crippen LogP contribution >= 0.6 is 0 Å². The van der Waals surface area contributed by atoms with Gasteiger partial charge in [0.1, 0.15) is 6.33 Å². The lowest BCUT2D eigenvalue weighted by Crippen LogP contribution is -2.39. The Hall–Kier alpha value is -2.77. The molecule has 8 heteroatoms. The summed E-state index contributed by atoms with van der Waals surface area (Å²) in [5, 5.41) is 13.6. The lowest BCUT2D eigenvalue weighted by atomic mass is 10.0. The maximum Gasteiger partial charge on any atom is 0.315 e. The van der Waals surface area contributed by atoms with Gasteiger partial charge in [0.25, 0.3) is 0 Å². The monoisotopic (exact) mass is 347 g/mol. The second kappa shape index (κ2) is 7.87. The molecule has 1 aromatic heterocycles. The Bertz CT molecular complexity index is 744. The van der Waals surface area contributed by atoms with Crippen LogP contribution in [0.3, 0.4) is 0 Å². The molecule has 0 saturated heterocycles. The minimum atomic E-state index is -0.280. The van der Waals surface area contributed by atoms with E-state index in [1.54, 1.807) is 25.1 Å². The van der Waals surface area contributed by atoms with Crippen LogP contribution in [0.5, 0.6) is 11.5 Å². The highest BCUT2D eigenvalue weighted by molar-refractivity contribution is 5.75. The van der Waals surface area contributed by atoms with E-state index < -0.39 is 0 Å². The number of rotatable bonds is 6. The fourth-order valence-corrected chi connectivity index (χ4v) is 2.72. The van der Waals surface area contributed by atoms with Crippen molar-refractivity contribution in [3.8, 4) is 11.5 Å². The zero-order valence-corrected chi connectivity index (χ0v) is 15.5. The normalized spacial score (nSPS) is 13.0. The molecule has 2 N–H and O–H groups in total. The third-order valence-electron chi connectivity index (χ3n) is 4.07. The lowest BCUT2D eigenvalue weighted by molar-refractivity contribution is 0.234. The molecular formula is C17H25N5O3. The van der Waals surface area contributed by atoms with Crippen molar-refractivity contribution in [3.05, 3.63) is 35.4 Å². The maximum atomic E-state index is 12.3. The van der Waals surface area contributed by atoms with Crippen LogP contribution in [0.25, 0.3) is 0 Å². The summed E-state index contributed by atoms with van der Waals surface area (Å²) in [6.07, 6.45) is 1.60. The van der Waals surface area contributed by atoms with E-state index in [1.165, 1.54) is 0 Å². The number of aryl methyl sites for hydroxylation is 2. The smallest absolute Gasteiger partial charge is 0.315 e. The number of carbonyl (C=O) groups excluding carboxylic acids is 1. The van der Waals surface area contributed by atoms with Crippen molar-refractivity contribution in [2.75, 3.05) is 14.2 Å². The van der Waals surface area contributed by atoms with Crippen molar-refractivity contribution in [3.63, 3.8) is 0 Å². The standard InChI is InChI=1S/C17H25N5O3/c1-10-7-14(24-5)15(25-6)8-13(10)11(2)19-17(23)20-12(3)16-21-18-9-22(16)4/h7-9,11-12H,1-6H3,(H2,19,20,23)/t11-,12-/m1/s1. The first-order chi connectivity index (χ1) is 11.9. The summed E-state index contributed by atoms with van der Waals surface area (Å²) in [5.74, 6) is 1.98. The molecule has 8 nitrogen and oxygen atoms in total. The number of nitrogens with zero attached hydrogens (tertiary/aromatic N) is 3. The Morgan fingerprint density at radius 3 is 2.28 bits per heavy atom. The Morgan fingerprint density at radius 2 is 1.72 bits per heavy atom. The highest BCUT2D eigenvalue weighted by Crippen LogP contribution is 2.32. The van der Waals surface area contributed by atoms with Crippen molar-refractivity contribution in [1.82, 2.24) is 25.4 Å². The number of aromatic nitrogens is 3. The number of methoxy groups -OCH3 is 2. The lowest BCUT2D eigenvalue weighted by Gasteiger charge is -2.21. The number of benzene rings is 1. The van der Waals surface area contributed by atoms with E-state index in [9.17, 15) is 4.79 Å². The first-order valence-corrected chi connectivity index (χ1v) is 8.00. The number of hydrogen-bond donors (Lipinski definition) is 2. The van der Waals surface area contributed by atoms with E-state index in [0.29, 0.717) is 17.3 Å². The summed E-state index contributed by atoms with van der Waals surface area (Å²) < 4.78 is 12.4. The van der Waals surface area contributed by atoms with Crippen LogP contribution < -0.4 is 20.1 Å². The average molecular weight is 347 g/mol. The molecule has 0 aliphatic rings. The highest BCUT2D eigenvalue weighted by atomic mass is 16.5. The quantitative estimate of drug-likeness (QED) is 0.836. The van der Waals surface area contributed by atoms with E-state index in [4.69, 9.17) is 9.47 Å². The summed E-state index contributed by atoms with van der Waals surface area (Å²) in [4.78, 5) is 12.3. The molecule has 0 unspecified atom stereocenters. The molecule has 136 valence electrons. The molecule has 2 aromatic rings. The van der Waals surface area contributed by atoms with Crippen molar-refractivity contribution < 1.29 is 14.3 Å². The second-order valence-electron chi connectivity index (χ2n) is 5.92.